The van der Waals surface area contributed by atoms with Gasteiger partial charge >= 0.3 is 0 Å². The van der Waals surface area contributed by atoms with Crippen LogP contribution in [0.3, 0.4) is 0 Å². The van der Waals surface area contributed by atoms with Crippen molar-refractivity contribution in [2.45, 2.75) is 25.7 Å². The number of unbranched alkanes of at least 4 members (excludes halogenated alkanes) is 3. The molecule has 0 aliphatic carbocycles. The standard InChI is InChI=1S/C12H15Br2ClO/c13-10-5-6-12(11(14)9-10)16-8-4-2-1-3-7-15/h5-6,9H,1-4,7-8H2. The van der Waals surface area contributed by atoms with Gasteiger partial charge in [-0.25, -0.2) is 0 Å². The Morgan fingerprint density at radius 2 is 1.81 bits per heavy atom. The molecule has 1 nitrogen and oxygen atoms in total. The van der Waals surface area contributed by atoms with Crippen molar-refractivity contribution in [1.29, 1.82) is 0 Å². The van der Waals surface area contributed by atoms with Crippen molar-refractivity contribution in [2.24, 2.45) is 0 Å². The van der Waals surface area contributed by atoms with E-state index in [1.807, 2.05) is 18.2 Å². The summed E-state index contributed by atoms with van der Waals surface area (Å²) < 4.78 is 7.71. The quantitative estimate of drug-likeness (QED) is 0.462. The summed E-state index contributed by atoms with van der Waals surface area (Å²) in [5.41, 5.74) is 0. The third kappa shape index (κ3) is 5.55. The molecular formula is C12H15Br2ClO. The summed E-state index contributed by atoms with van der Waals surface area (Å²) in [5.74, 6) is 1.67. The van der Waals surface area contributed by atoms with Gasteiger partial charge in [0.15, 0.2) is 0 Å². The van der Waals surface area contributed by atoms with Crippen LogP contribution in [0.4, 0.5) is 0 Å². The highest BCUT2D eigenvalue weighted by Gasteiger charge is 2.01. The largest absolute Gasteiger partial charge is 0.492 e. The van der Waals surface area contributed by atoms with Crippen LogP contribution in [0, 0.1) is 0 Å². The van der Waals surface area contributed by atoms with Gasteiger partial charge in [-0.1, -0.05) is 28.8 Å². The highest BCUT2D eigenvalue weighted by Crippen LogP contribution is 2.28. The molecule has 0 bridgehead atoms. The lowest BCUT2D eigenvalue weighted by molar-refractivity contribution is 0.303. The monoisotopic (exact) mass is 368 g/mol. The van der Waals surface area contributed by atoms with E-state index in [1.165, 1.54) is 12.8 Å². The molecule has 4 heteroatoms. The first-order chi connectivity index (χ1) is 7.74. The number of halogens is 3. The molecule has 1 aromatic carbocycles. The number of rotatable bonds is 7. The molecule has 0 N–H and O–H groups in total. The molecule has 1 rings (SSSR count). The van der Waals surface area contributed by atoms with E-state index in [0.717, 1.165) is 40.0 Å². The molecule has 0 spiro atoms. The Kier molecular flexibility index (Phi) is 7.50. The molecular weight excluding hydrogens is 355 g/mol. The van der Waals surface area contributed by atoms with Gasteiger partial charge in [-0.05, 0) is 47.0 Å². The van der Waals surface area contributed by atoms with Crippen LogP contribution in [-0.2, 0) is 0 Å². The van der Waals surface area contributed by atoms with Crippen LogP contribution in [0.2, 0.25) is 0 Å². The Balaban J connectivity index is 2.21. The molecule has 0 radical (unpaired) electrons. The predicted octanol–water partition coefficient (Wildman–Crippen LogP) is 5.39. The predicted molar refractivity (Wildman–Crippen MR) is 76.5 cm³/mol. The van der Waals surface area contributed by atoms with E-state index < -0.39 is 0 Å². The molecule has 0 fully saturated rings. The highest BCUT2D eigenvalue weighted by molar-refractivity contribution is 9.11. The molecule has 0 amide bonds. The van der Waals surface area contributed by atoms with Crippen molar-refractivity contribution < 1.29 is 4.74 Å². The number of hydrogen-bond acceptors (Lipinski definition) is 1. The first-order valence-corrected chi connectivity index (χ1v) is 7.50. The van der Waals surface area contributed by atoms with E-state index >= 15 is 0 Å². The fourth-order valence-electron chi connectivity index (χ4n) is 1.32. The van der Waals surface area contributed by atoms with Crippen molar-refractivity contribution in [2.75, 3.05) is 12.5 Å². The van der Waals surface area contributed by atoms with Crippen LogP contribution in [0.25, 0.3) is 0 Å². The number of benzene rings is 1. The lowest BCUT2D eigenvalue weighted by Crippen LogP contribution is -1.97. The average Bonchev–Trinajstić information content (AvgIpc) is 2.26. The van der Waals surface area contributed by atoms with Gasteiger partial charge < -0.3 is 4.74 Å². The molecule has 0 aliphatic heterocycles. The van der Waals surface area contributed by atoms with Crippen molar-refractivity contribution in [3.63, 3.8) is 0 Å². The van der Waals surface area contributed by atoms with Crippen molar-refractivity contribution in [3.05, 3.63) is 27.1 Å². The highest BCUT2D eigenvalue weighted by atomic mass is 79.9. The lowest BCUT2D eigenvalue weighted by Gasteiger charge is -2.08. The average molecular weight is 371 g/mol. The summed E-state index contributed by atoms with van der Waals surface area (Å²) in [5, 5.41) is 0. The van der Waals surface area contributed by atoms with E-state index in [-0.39, 0.29) is 0 Å². The summed E-state index contributed by atoms with van der Waals surface area (Å²) in [6.45, 7) is 0.766. The summed E-state index contributed by atoms with van der Waals surface area (Å²) in [6.07, 6.45) is 4.55. The van der Waals surface area contributed by atoms with Gasteiger partial charge in [0.25, 0.3) is 0 Å². The molecule has 16 heavy (non-hydrogen) atoms. The minimum absolute atomic E-state index is 0.763. The van der Waals surface area contributed by atoms with Crippen molar-refractivity contribution >= 4 is 43.5 Å². The summed E-state index contributed by atoms with van der Waals surface area (Å²) >= 11 is 12.5. The maximum atomic E-state index is 5.67. The maximum Gasteiger partial charge on any atom is 0.133 e. The number of alkyl halides is 1. The van der Waals surface area contributed by atoms with Crippen LogP contribution < -0.4 is 4.74 Å². The second-order valence-electron chi connectivity index (χ2n) is 3.53. The van der Waals surface area contributed by atoms with Gasteiger partial charge in [0.05, 0.1) is 11.1 Å². The molecule has 0 aliphatic rings. The Bertz CT molecular complexity index is 318. The zero-order valence-electron chi connectivity index (χ0n) is 9.02. The van der Waals surface area contributed by atoms with Crippen LogP contribution in [0.15, 0.2) is 27.1 Å². The van der Waals surface area contributed by atoms with E-state index in [1.54, 1.807) is 0 Å². The Morgan fingerprint density at radius 1 is 1.06 bits per heavy atom. The van der Waals surface area contributed by atoms with E-state index in [9.17, 15) is 0 Å². The fraction of sp³-hybridized carbons (Fsp3) is 0.500. The van der Waals surface area contributed by atoms with Crippen molar-refractivity contribution in [3.8, 4) is 5.75 Å². The molecule has 0 unspecified atom stereocenters. The zero-order chi connectivity index (χ0) is 11.8. The van der Waals surface area contributed by atoms with Gasteiger partial charge in [0.2, 0.25) is 0 Å². The Hall–Kier alpha value is 0.270. The van der Waals surface area contributed by atoms with E-state index in [0.29, 0.717) is 0 Å². The molecule has 0 saturated heterocycles. The maximum absolute atomic E-state index is 5.67. The Labute approximate surface area is 119 Å². The minimum Gasteiger partial charge on any atom is -0.492 e. The van der Waals surface area contributed by atoms with Crippen LogP contribution in [0.1, 0.15) is 25.7 Å². The number of hydrogen-bond donors (Lipinski definition) is 0. The summed E-state index contributed by atoms with van der Waals surface area (Å²) in [6, 6.07) is 5.93. The van der Waals surface area contributed by atoms with Gasteiger partial charge in [-0.2, -0.15) is 0 Å². The molecule has 0 saturated carbocycles. The smallest absolute Gasteiger partial charge is 0.133 e. The van der Waals surface area contributed by atoms with E-state index in [2.05, 4.69) is 31.9 Å². The van der Waals surface area contributed by atoms with E-state index in [4.69, 9.17) is 16.3 Å². The van der Waals surface area contributed by atoms with Crippen LogP contribution in [0.5, 0.6) is 5.75 Å². The SMILES string of the molecule is ClCCCCCCOc1ccc(Br)cc1Br. The first-order valence-electron chi connectivity index (χ1n) is 5.38. The fourth-order valence-corrected chi connectivity index (χ4v) is 2.68. The Morgan fingerprint density at radius 3 is 2.50 bits per heavy atom. The zero-order valence-corrected chi connectivity index (χ0v) is 12.9. The van der Waals surface area contributed by atoms with Crippen LogP contribution >= 0.6 is 43.5 Å². The summed E-state index contributed by atoms with van der Waals surface area (Å²) in [7, 11) is 0. The third-order valence-corrected chi connectivity index (χ3v) is 3.56. The molecule has 90 valence electrons. The normalized spacial score (nSPS) is 10.4. The molecule has 0 atom stereocenters. The second kappa shape index (κ2) is 8.37. The van der Waals surface area contributed by atoms with Gasteiger partial charge in [-0.15, -0.1) is 11.6 Å². The second-order valence-corrected chi connectivity index (χ2v) is 5.67. The molecule has 0 heterocycles. The third-order valence-electron chi connectivity index (χ3n) is 2.18. The minimum atomic E-state index is 0.763. The van der Waals surface area contributed by atoms with Crippen LogP contribution in [-0.4, -0.2) is 12.5 Å². The molecule has 1 aromatic rings. The lowest BCUT2D eigenvalue weighted by atomic mass is 10.2. The summed E-state index contributed by atoms with van der Waals surface area (Å²) in [4.78, 5) is 0. The van der Waals surface area contributed by atoms with Gasteiger partial charge in [0.1, 0.15) is 5.75 Å². The van der Waals surface area contributed by atoms with Crippen molar-refractivity contribution in [1.82, 2.24) is 0 Å². The molecule has 0 aromatic heterocycles. The topological polar surface area (TPSA) is 9.23 Å². The van der Waals surface area contributed by atoms with Gasteiger partial charge in [0, 0.05) is 10.4 Å². The van der Waals surface area contributed by atoms with Gasteiger partial charge in [-0.3, -0.25) is 0 Å². The number of ether oxygens (including phenoxy) is 1. The first kappa shape index (κ1) is 14.3.